The summed E-state index contributed by atoms with van der Waals surface area (Å²) in [5.41, 5.74) is 2.57. The Morgan fingerprint density at radius 2 is 1.74 bits per heavy atom. The topological polar surface area (TPSA) is 69.7 Å². The highest BCUT2D eigenvalue weighted by molar-refractivity contribution is 5.96. The van der Waals surface area contributed by atoms with E-state index in [0.717, 1.165) is 42.7 Å². The second-order valence-corrected chi connectivity index (χ2v) is 8.05. The molecule has 160 valence electrons. The molecular formula is C25H27N3O3. The number of piperidine rings is 1. The number of amides is 3. The molecular weight excluding hydrogens is 390 g/mol. The van der Waals surface area contributed by atoms with Crippen molar-refractivity contribution < 1.29 is 14.4 Å². The van der Waals surface area contributed by atoms with Crippen LogP contribution in [0.25, 0.3) is 6.08 Å². The van der Waals surface area contributed by atoms with Crippen LogP contribution >= 0.6 is 0 Å². The molecule has 1 N–H and O–H groups in total. The summed E-state index contributed by atoms with van der Waals surface area (Å²) >= 11 is 0. The summed E-state index contributed by atoms with van der Waals surface area (Å²) in [4.78, 5) is 40.7. The molecule has 2 aromatic carbocycles. The number of nitrogens with one attached hydrogen (secondary N) is 1. The second-order valence-electron chi connectivity index (χ2n) is 8.05. The quantitative estimate of drug-likeness (QED) is 0.754. The number of benzene rings is 2. The summed E-state index contributed by atoms with van der Waals surface area (Å²) in [7, 11) is 0. The van der Waals surface area contributed by atoms with Gasteiger partial charge in [-0.05, 0) is 55.2 Å². The van der Waals surface area contributed by atoms with Gasteiger partial charge in [-0.2, -0.15) is 0 Å². The molecule has 0 radical (unpaired) electrons. The largest absolute Gasteiger partial charge is 0.338 e. The van der Waals surface area contributed by atoms with Crippen LogP contribution < -0.4 is 10.2 Å². The molecule has 0 aliphatic carbocycles. The SMILES string of the molecule is O=C(Nc1ccccc1)C1CCCN(C(=O)/C=C/c2ccc(N3CCCC3=O)cc2)C1. The van der Waals surface area contributed by atoms with E-state index in [9.17, 15) is 14.4 Å². The maximum atomic E-state index is 12.7. The number of carbonyl (C=O) groups is 3. The molecule has 0 aromatic heterocycles. The lowest BCUT2D eigenvalue weighted by Crippen LogP contribution is -2.43. The lowest BCUT2D eigenvalue weighted by molar-refractivity contribution is -0.130. The van der Waals surface area contributed by atoms with E-state index < -0.39 is 0 Å². The van der Waals surface area contributed by atoms with Crippen LogP contribution in [0.2, 0.25) is 0 Å². The van der Waals surface area contributed by atoms with Crippen LogP contribution in [0.5, 0.6) is 0 Å². The Morgan fingerprint density at radius 3 is 2.45 bits per heavy atom. The van der Waals surface area contributed by atoms with E-state index in [2.05, 4.69) is 5.32 Å². The van der Waals surface area contributed by atoms with Crippen LogP contribution in [-0.4, -0.2) is 42.3 Å². The van der Waals surface area contributed by atoms with Gasteiger partial charge in [-0.15, -0.1) is 0 Å². The molecule has 3 amide bonds. The van der Waals surface area contributed by atoms with Crippen molar-refractivity contribution in [2.45, 2.75) is 25.7 Å². The van der Waals surface area contributed by atoms with E-state index in [0.29, 0.717) is 19.5 Å². The van der Waals surface area contributed by atoms with Gasteiger partial charge in [0, 0.05) is 43.5 Å². The highest BCUT2D eigenvalue weighted by Gasteiger charge is 2.27. The molecule has 6 heteroatoms. The molecule has 2 aliphatic heterocycles. The van der Waals surface area contributed by atoms with Gasteiger partial charge in [-0.1, -0.05) is 30.3 Å². The highest BCUT2D eigenvalue weighted by atomic mass is 16.2. The molecule has 0 saturated carbocycles. The average Bonchev–Trinajstić information content (AvgIpc) is 3.24. The number of nitrogens with zero attached hydrogens (tertiary/aromatic N) is 2. The van der Waals surface area contributed by atoms with E-state index in [4.69, 9.17) is 0 Å². The van der Waals surface area contributed by atoms with E-state index in [1.807, 2.05) is 54.6 Å². The summed E-state index contributed by atoms with van der Waals surface area (Å²) in [5, 5.41) is 2.94. The van der Waals surface area contributed by atoms with Crippen molar-refractivity contribution in [1.82, 2.24) is 4.90 Å². The Balaban J connectivity index is 1.33. The number of likely N-dealkylation sites (tertiary alicyclic amines) is 1. The van der Waals surface area contributed by atoms with E-state index >= 15 is 0 Å². The number of para-hydroxylation sites is 1. The van der Waals surface area contributed by atoms with Crippen LogP contribution in [0, 0.1) is 5.92 Å². The summed E-state index contributed by atoms with van der Waals surface area (Å²) in [5.74, 6) is -0.172. The van der Waals surface area contributed by atoms with Crippen LogP contribution in [0.1, 0.15) is 31.2 Å². The molecule has 1 unspecified atom stereocenters. The van der Waals surface area contributed by atoms with Gasteiger partial charge in [-0.25, -0.2) is 0 Å². The number of anilines is 2. The zero-order valence-corrected chi connectivity index (χ0v) is 17.5. The van der Waals surface area contributed by atoms with Crippen LogP contribution in [-0.2, 0) is 14.4 Å². The van der Waals surface area contributed by atoms with Crippen molar-refractivity contribution >= 4 is 35.2 Å². The van der Waals surface area contributed by atoms with Gasteiger partial charge >= 0.3 is 0 Å². The molecule has 2 aromatic rings. The van der Waals surface area contributed by atoms with Gasteiger partial charge in [-0.3, -0.25) is 14.4 Å². The summed E-state index contributed by atoms with van der Waals surface area (Å²) in [6.07, 6.45) is 6.44. The highest BCUT2D eigenvalue weighted by Crippen LogP contribution is 2.22. The smallest absolute Gasteiger partial charge is 0.246 e. The fourth-order valence-corrected chi connectivity index (χ4v) is 4.12. The van der Waals surface area contributed by atoms with Crippen LogP contribution in [0.3, 0.4) is 0 Å². The maximum absolute atomic E-state index is 12.7. The monoisotopic (exact) mass is 417 g/mol. The first kappa shape index (κ1) is 20.8. The second kappa shape index (κ2) is 9.60. The van der Waals surface area contributed by atoms with Gasteiger partial charge < -0.3 is 15.1 Å². The first-order valence-corrected chi connectivity index (χ1v) is 10.8. The van der Waals surface area contributed by atoms with Crippen molar-refractivity contribution in [3.05, 3.63) is 66.2 Å². The maximum Gasteiger partial charge on any atom is 0.246 e. The molecule has 0 bridgehead atoms. The van der Waals surface area contributed by atoms with Gasteiger partial charge in [0.1, 0.15) is 0 Å². The molecule has 2 aliphatic rings. The van der Waals surface area contributed by atoms with Crippen molar-refractivity contribution in [2.75, 3.05) is 29.9 Å². The molecule has 31 heavy (non-hydrogen) atoms. The Labute approximate surface area is 182 Å². The normalized spacial score (nSPS) is 19.1. The van der Waals surface area contributed by atoms with E-state index in [1.165, 1.54) is 0 Å². The minimum atomic E-state index is -0.205. The Morgan fingerprint density at radius 1 is 0.968 bits per heavy atom. The molecule has 6 nitrogen and oxygen atoms in total. The molecule has 2 heterocycles. The van der Waals surface area contributed by atoms with Gasteiger partial charge in [0.25, 0.3) is 0 Å². The molecule has 2 fully saturated rings. The van der Waals surface area contributed by atoms with E-state index in [-0.39, 0.29) is 23.6 Å². The van der Waals surface area contributed by atoms with Crippen LogP contribution in [0.4, 0.5) is 11.4 Å². The zero-order chi connectivity index (χ0) is 21.6. The van der Waals surface area contributed by atoms with E-state index in [1.54, 1.807) is 22.0 Å². The Kier molecular flexibility index (Phi) is 6.46. The van der Waals surface area contributed by atoms with Crippen LogP contribution in [0.15, 0.2) is 60.7 Å². The standard InChI is InChI=1S/C25H27N3O3/c29-23(15-12-19-10-13-22(14-11-19)28-17-5-9-24(28)30)27-16-4-6-20(18-27)25(31)26-21-7-2-1-3-8-21/h1-3,7-8,10-15,20H,4-6,9,16-18H2,(H,26,31)/b15-12+. The lowest BCUT2D eigenvalue weighted by atomic mass is 9.97. The van der Waals surface area contributed by atoms with Crippen molar-refractivity contribution in [3.8, 4) is 0 Å². The lowest BCUT2D eigenvalue weighted by Gasteiger charge is -2.31. The Hall–Kier alpha value is -3.41. The third-order valence-electron chi connectivity index (χ3n) is 5.84. The van der Waals surface area contributed by atoms with Gasteiger partial charge in [0.15, 0.2) is 0 Å². The minimum Gasteiger partial charge on any atom is -0.338 e. The fraction of sp³-hybridized carbons (Fsp3) is 0.320. The summed E-state index contributed by atoms with van der Waals surface area (Å²) in [6, 6.07) is 17.0. The van der Waals surface area contributed by atoms with Crippen molar-refractivity contribution in [3.63, 3.8) is 0 Å². The minimum absolute atomic E-state index is 0.0419. The number of hydrogen-bond acceptors (Lipinski definition) is 3. The van der Waals surface area contributed by atoms with Gasteiger partial charge in [0.05, 0.1) is 5.92 Å². The first-order chi connectivity index (χ1) is 15.1. The fourth-order valence-electron chi connectivity index (χ4n) is 4.12. The predicted molar refractivity (Wildman–Crippen MR) is 121 cm³/mol. The number of hydrogen-bond donors (Lipinski definition) is 1. The average molecular weight is 418 g/mol. The number of rotatable bonds is 5. The van der Waals surface area contributed by atoms with Gasteiger partial charge in [0.2, 0.25) is 17.7 Å². The van der Waals surface area contributed by atoms with Crippen molar-refractivity contribution in [2.24, 2.45) is 5.92 Å². The third kappa shape index (κ3) is 5.20. The predicted octanol–water partition coefficient (Wildman–Crippen LogP) is 3.70. The molecule has 4 rings (SSSR count). The first-order valence-electron chi connectivity index (χ1n) is 10.8. The third-order valence-corrected chi connectivity index (χ3v) is 5.84. The molecule has 2 saturated heterocycles. The summed E-state index contributed by atoms with van der Waals surface area (Å²) < 4.78 is 0. The molecule has 0 spiro atoms. The van der Waals surface area contributed by atoms with Crippen molar-refractivity contribution in [1.29, 1.82) is 0 Å². The number of carbonyl (C=O) groups excluding carboxylic acids is 3. The Bertz CT molecular complexity index is 969. The summed E-state index contributed by atoms with van der Waals surface area (Å²) in [6.45, 7) is 1.85. The molecule has 1 atom stereocenters. The zero-order valence-electron chi connectivity index (χ0n) is 17.5.